The van der Waals surface area contributed by atoms with E-state index >= 15 is 0 Å². The third kappa shape index (κ3) is 4.47. The van der Waals surface area contributed by atoms with E-state index in [0.717, 1.165) is 38.2 Å². The normalized spacial score (nSPS) is 37.2. The van der Waals surface area contributed by atoms with E-state index in [4.69, 9.17) is 14.3 Å². The summed E-state index contributed by atoms with van der Waals surface area (Å²) in [6.07, 6.45) is 4.29. The molecule has 1 aliphatic carbocycles. The van der Waals surface area contributed by atoms with Gasteiger partial charge < -0.3 is 14.6 Å². The zero-order valence-electron chi connectivity index (χ0n) is 16.0. The quantitative estimate of drug-likeness (QED) is 0.554. The van der Waals surface area contributed by atoms with E-state index < -0.39 is 6.10 Å². The first-order chi connectivity index (χ1) is 12.6. The molecule has 6 heteroatoms. The van der Waals surface area contributed by atoms with E-state index in [1.807, 2.05) is 6.92 Å². The van der Waals surface area contributed by atoms with Crippen molar-refractivity contribution >= 4 is 5.78 Å². The molecule has 0 aromatic rings. The second kappa shape index (κ2) is 9.31. The van der Waals surface area contributed by atoms with E-state index in [1.165, 1.54) is 0 Å². The molecule has 0 aromatic heterocycles. The SMILES string of the molecule is CCCC(NOCC)=C1C(=O)CC(C2COC3CCOCC3C2)CC1O. The lowest BCUT2D eigenvalue weighted by atomic mass is 9.71. The smallest absolute Gasteiger partial charge is 0.163 e. The van der Waals surface area contributed by atoms with Crippen LogP contribution in [0.4, 0.5) is 0 Å². The number of hydroxylamine groups is 1. The topological polar surface area (TPSA) is 77.0 Å². The molecule has 2 saturated heterocycles. The minimum Gasteiger partial charge on any atom is -0.388 e. The first-order valence-electron chi connectivity index (χ1n) is 10.1. The Morgan fingerprint density at radius 3 is 2.81 bits per heavy atom. The molecule has 2 heterocycles. The fraction of sp³-hybridized carbons (Fsp3) is 0.850. The molecule has 0 bridgehead atoms. The van der Waals surface area contributed by atoms with Gasteiger partial charge in [-0.3, -0.25) is 15.1 Å². The first kappa shape index (κ1) is 19.8. The number of hydrogen-bond acceptors (Lipinski definition) is 6. The summed E-state index contributed by atoms with van der Waals surface area (Å²) < 4.78 is 11.7. The van der Waals surface area contributed by atoms with Gasteiger partial charge in [-0.25, -0.2) is 0 Å². The van der Waals surface area contributed by atoms with Gasteiger partial charge in [0.05, 0.1) is 32.0 Å². The molecule has 3 fully saturated rings. The predicted molar refractivity (Wildman–Crippen MR) is 97.2 cm³/mol. The Bertz CT molecular complexity index is 520. The molecule has 0 amide bonds. The summed E-state index contributed by atoms with van der Waals surface area (Å²) in [5.41, 5.74) is 4.15. The molecule has 0 aromatic carbocycles. The van der Waals surface area contributed by atoms with Crippen molar-refractivity contribution in [3.05, 3.63) is 11.3 Å². The van der Waals surface area contributed by atoms with Crippen LogP contribution in [-0.4, -0.2) is 49.5 Å². The Balaban J connectivity index is 1.66. The number of Topliss-reactive ketones (excluding diaryl/α,β-unsaturated/α-hetero) is 1. The minimum atomic E-state index is -0.726. The van der Waals surface area contributed by atoms with Crippen LogP contribution in [0.2, 0.25) is 0 Å². The zero-order chi connectivity index (χ0) is 18.5. The van der Waals surface area contributed by atoms with E-state index in [9.17, 15) is 9.90 Å². The van der Waals surface area contributed by atoms with Crippen LogP contribution in [0, 0.1) is 17.8 Å². The van der Waals surface area contributed by atoms with Gasteiger partial charge in [-0.1, -0.05) is 13.3 Å². The number of fused-ring (bicyclic) bond motifs is 1. The van der Waals surface area contributed by atoms with Crippen LogP contribution in [-0.2, 0) is 19.1 Å². The van der Waals surface area contributed by atoms with Gasteiger partial charge >= 0.3 is 0 Å². The third-order valence-electron chi connectivity index (χ3n) is 5.97. The molecule has 2 aliphatic heterocycles. The summed E-state index contributed by atoms with van der Waals surface area (Å²) in [5, 5.41) is 10.7. The van der Waals surface area contributed by atoms with E-state index in [-0.39, 0.29) is 11.7 Å². The summed E-state index contributed by atoms with van der Waals surface area (Å²) in [4.78, 5) is 18.1. The van der Waals surface area contributed by atoms with Gasteiger partial charge in [-0.15, -0.1) is 0 Å². The number of rotatable bonds is 6. The highest BCUT2D eigenvalue weighted by Gasteiger charge is 2.41. The number of ether oxygens (including phenoxy) is 2. The van der Waals surface area contributed by atoms with Crippen LogP contribution in [0.15, 0.2) is 11.3 Å². The molecule has 1 saturated carbocycles. The Kier molecular flexibility index (Phi) is 7.09. The van der Waals surface area contributed by atoms with Crippen molar-refractivity contribution < 1.29 is 24.2 Å². The second-order valence-electron chi connectivity index (χ2n) is 7.81. The average molecular weight is 367 g/mol. The molecule has 0 radical (unpaired) electrons. The molecule has 148 valence electrons. The summed E-state index contributed by atoms with van der Waals surface area (Å²) in [6, 6.07) is 0. The molecule has 3 aliphatic rings. The second-order valence-corrected chi connectivity index (χ2v) is 7.81. The van der Waals surface area contributed by atoms with Crippen LogP contribution < -0.4 is 5.48 Å². The van der Waals surface area contributed by atoms with Crippen LogP contribution >= 0.6 is 0 Å². The van der Waals surface area contributed by atoms with Gasteiger partial charge in [-0.05, 0) is 44.4 Å². The number of carbonyl (C=O) groups excluding carboxylic acids is 1. The first-order valence-corrected chi connectivity index (χ1v) is 10.1. The molecule has 0 spiro atoms. The molecule has 5 atom stereocenters. The van der Waals surface area contributed by atoms with Gasteiger partial charge in [0.2, 0.25) is 0 Å². The van der Waals surface area contributed by atoms with E-state index in [2.05, 4.69) is 12.4 Å². The minimum absolute atomic E-state index is 0.0476. The van der Waals surface area contributed by atoms with Crippen molar-refractivity contribution in [2.24, 2.45) is 17.8 Å². The van der Waals surface area contributed by atoms with Gasteiger partial charge in [0.15, 0.2) is 5.78 Å². The van der Waals surface area contributed by atoms with Crippen LogP contribution in [0.25, 0.3) is 0 Å². The highest BCUT2D eigenvalue weighted by atomic mass is 16.6. The molecular weight excluding hydrogens is 334 g/mol. The monoisotopic (exact) mass is 367 g/mol. The lowest BCUT2D eigenvalue weighted by Gasteiger charge is -2.43. The molecule has 2 N–H and O–H groups in total. The standard InChI is InChI=1S/C20H33NO5/c1-3-5-16(21-26-4-2)20-17(22)9-13(10-18(20)23)14-8-15-11-24-7-6-19(15)25-12-14/h13-15,17,19,21-22H,3-12H2,1-2H3. The Hall–Kier alpha value is -0.950. The number of allylic oxidation sites excluding steroid dienone is 1. The van der Waals surface area contributed by atoms with Gasteiger partial charge in [0, 0.05) is 30.2 Å². The van der Waals surface area contributed by atoms with Crippen LogP contribution in [0.3, 0.4) is 0 Å². The van der Waals surface area contributed by atoms with Crippen molar-refractivity contribution in [2.75, 3.05) is 26.4 Å². The largest absolute Gasteiger partial charge is 0.388 e. The maximum atomic E-state index is 12.8. The van der Waals surface area contributed by atoms with Crippen LogP contribution in [0.5, 0.6) is 0 Å². The third-order valence-corrected chi connectivity index (χ3v) is 5.97. The number of ketones is 1. The highest BCUT2D eigenvalue weighted by molar-refractivity contribution is 5.98. The van der Waals surface area contributed by atoms with Gasteiger partial charge in [0.25, 0.3) is 0 Å². The summed E-state index contributed by atoms with van der Waals surface area (Å²) in [6.45, 7) is 6.70. The molecule has 3 rings (SSSR count). The molecule has 6 nitrogen and oxygen atoms in total. The number of aliphatic hydroxyl groups excluding tert-OH is 1. The fourth-order valence-electron chi connectivity index (χ4n) is 4.65. The lowest BCUT2D eigenvalue weighted by molar-refractivity contribution is -0.137. The van der Waals surface area contributed by atoms with Crippen molar-refractivity contribution in [1.82, 2.24) is 5.48 Å². The molecular formula is C20H33NO5. The zero-order valence-corrected chi connectivity index (χ0v) is 16.0. The molecule has 5 unspecified atom stereocenters. The van der Waals surface area contributed by atoms with Gasteiger partial charge in [-0.2, -0.15) is 0 Å². The Morgan fingerprint density at radius 1 is 1.23 bits per heavy atom. The van der Waals surface area contributed by atoms with Crippen molar-refractivity contribution in [3.63, 3.8) is 0 Å². The van der Waals surface area contributed by atoms with Crippen molar-refractivity contribution in [3.8, 4) is 0 Å². The lowest BCUT2D eigenvalue weighted by Crippen LogP contribution is -2.45. The number of hydrogen-bond donors (Lipinski definition) is 2. The maximum absolute atomic E-state index is 12.8. The molecule has 26 heavy (non-hydrogen) atoms. The van der Waals surface area contributed by atoms with Crippen molar-refractivity contribution in [2.45, 2.75) is 64.6 Å². The number of aliphatic hydroxyl groups is 1. The summed E-state index contributed by atoms with van der Waals surface area (Å²) in [5.74, 6) is 0.986. The fourth-order valence-corrected chi connectivity index (χ4v) is 4.65. The van der Waals surface area contributed by atoms with Gasteiger partial charge in [0.1, 0.15) is 0 Å². The highest BCUT2D eigenvalue weighted by Crippen LogP contribution is 2.40. The Morgan fingerprint density at radius 2 is 2.08 bits per heavy atom. The summed E-state index contributed by atoms with van der Waals surface area (Å²) >= 11 is 0. The number of carbonyl (C=O) groups is 1. The van der Waals surface area contributed by atoms with E-state index in [1.54, 1.807) is 0 Å². The number of nitrogens with one attached hydrogen (secondary N) is 1. The van der Waals surface area contributed by atoms with Crippen LogP contribution in [0.1, 0.15) is 52.4 Å². The van der Waals surface area contributed by atoms with Crippen molar-refractivity contribution in [1.29, 1.82) is 0 Å². The maximum Gasteiger partial charge on any atom is 0.163 e. The summed E-state index contributed by atoms with van der Waals surface area (Å²) in [7, 11) is 0. The van der Waals surface area contributed by atoms with E-state index in [0.29, 0.717) is 56.0 Å². The average Bonchev–Trinajstić information content (AvgIpc) is 2.65. The predicted octanol–water partition coefficient (Wildman–Crippen LogP) is 2.36. The Labute approximate surface area is 156 Å².